The predicted octanol–water partition coefficient (Wildman–Crippen LogP) is 3.13. The molecule has 0 bridgehead atoms. The van der Waals surface area contributed by atoms with Crippen molar-refractivity contribution in [3.8, 4) is 5.75 Å². The number of rotatable bonds is 4. The molecule has 2 aromatic rings. The Morgan fingerprint density at radius 2 is 2.30 bits per heavy atom. The fraction of sp³-hybridized carbons (Fsp3) is 0.312. The summed E-state index contributed by atoms with van der Waals surface area (Å²) in [7, 11) is 1.67. The summed E-state index contributed by atoms with van der Waals surface area (Å²) in [6, 6.07) is 7.81. The van der Waals surface area contributed by atoms with Gasteiger partial charge >= 0.3 is 0 Å². The van der Waals surface area contributed by atoms with Gasteiger partial charge in [0.1, 0.15) is 12.0 Å². The van der Waals surface area contributed by atoms with Crippen molar-refractivity contribution < 1.29 is 9.53 Å². The molecule has 3 nitrogen and oxygen atoms in total. The minimum absolute atomic E-state index is 0.703. The number of hydrogen-bond donors (Lipinski definition) is 0. The molecule has 0 unspecified atom stereocenters. The smallest absolute Gasteiger partial charge is 0.150 e. The SMILES string of the molecule is COc1ccc(C=O)cc1CN1CCc2sccc2C1. The van der Waals surface area contributed by atoms with Crippen molar-refractivity contribution in [2.45, 2.75) is 19.5 Å². The first-order valence-electron chi connectivity index (χ1n) is 6.70. The predicted molar refractivity (Wildman–Crippen MR) is 80.5 cm³/mol. The van der Waals surface area contributed by atoms with E-state index in [1.54, 1.807) is 13.2 Å². The van der Waals surface area contributed by atoms with Crippen LogP contribution in [-0.2, 0) is 19.5 Å². The lowest BCUT2D eigenvalue weighted by molar-refractivity contribution is 0.112. The van der Waals surface area contributed by atoms with Crippen LogP contribution in [0.15, 0.2) is 29.6 Å². The van der Waals surface area contributed by atoms with Gasteiger partial charge in [0.25, 0.3) is 0 Å². The van der Waals surface area contributed by atoms with Gasteiger partial charge in [0.05, 0.1) is 7.11 Å². The first-order valence-corrected chi connectivity index (χ1v) is 7.58. The molecule has 104 valence electrons. The Morgan fingerprint density at radius 1 is 1.40 bits per heavy atom. The third kappa shape index (κ3) is 2.62. The molecule has 0 amide bonds. The number of fused-ring (bicyclic) bond motifs is 1. The Balaban J connectivity index is 1.79. The largest absolute Gasteiger partial charge is 0.496 e. The summed E-state index contributed by atoms with van der Waals surface area (Å²) in [6.45, 7) is 2.86. The zero-order valence-electron chi connectivity index (χ0n) is 11.5. The van der Waals surface area contributed by atoms with E-state index in [-0.39, 0.29) is 0 Å². The summed E-state index contributed by atoms with van der Waals surface area (Å²) >= 11 is 1.85. The third-order valence-electron chi connectivity index (χ3n) is 3.72. The molecule has 0 saturated carbocycles. The highest BCUT2D eigenvalue weighted by atomic mass is 32.1. The standard InChI is InChI=1S/C16H17NO2S/c1-19-15-3-2-12(11-18)8-14(15)10-17-6-4-16-13(9-17)5-7-20-16/h2-3,5,7-8,11H,4,6,9-10H2,1H3. The molecule has 2 heterocycles. The molecule has 0 N–H and O–H groups in total. The number of carbonyl (C=O) groups is 1. The molecule has 4 heteroatoms. The molecule has 0 atom stereocenters. The van der Waals surface area contributed by atoms with Crippen molar-refractivity contribution in [3.05, 3.63) is 51.2 Å². The van der Waals surface area contributed by atoms with Gasteiger partial charge in [0.15, 0.2) is 0 Å². The van der Waals surface area contributed by atoms with Crippen LogP contribution in [0.2, 0.25) is 0 Å². The van der Waals surface area contributed by atoms with Gasteiger partial charge in [-0.15, -0.1) is 11.3 Å². The van der Waals surface area contributed by atoms with Crippen LogP contribution in [0.4, 0.5) is 0 Å². The fourth-order valence-corrected chi connectivity index (χ4v) is 3.57. The lowest BCUT2D eigenvalue weighted by atomic mass is 10.1. The van der Waals surface area contributed by atoms with E-state index in [2.05, 4.69) is 16.3 Å². The topological polar surface area (TPSA) is 29.5 Å². The number of carbonyl (C=O) groups excluding carboxylic acids is 1. The van der Waals surface area contributed by atoms with E-state index < -0.39 is 0 Å². The highest BCUT2D eigenvalue weighted by Gasteiger charge is 2.18. The van der Waals surface area contributed by atoms with Crippen molar-refractivity contribution in [1.29, 1.82) is 0 Å². The summed E-state index contributed by atoms with van der Waals surface area (Å²) in [5.41, 5.74) is 3.22. The number of methoxy groups -OCH3 is 1. The lowest BCUT2D eigenvalue weighted by Gasteiger charge is -2.27. The van der Waals surface area contributed by atoms with Crippen molar-refractivity contribution in [2.24, 2.45) is 0 Å². The molecule has 3 rings (SSSR count). The maximum Gasteiger partial charge on any atom is 0.150 e. The molecule has 1 aliphatic rings. The molecule has 0 fully saturated rings. The maximum atomic E-state index is 10.9. The van der Waals surface area contributed by atoms with Gasteiger partial charge in [0, 0.05) is 35.6 Å². The highest BCUT2D eigenvalue weighted by Crippen LogP contribution is 2.27. The summed E-state index contributed by atoms with van der Waals surface area (Å²) in [4.78, 5) is 14.8. The number of nitrogens with zero attached hydrogens (tertiary/aromatic N) is 1. The van der Waals surface area contributed by atoms with Crippen LogP contribution >= 0.6 is 11.3 Å². The van der Waals surface area contributed by atoms with E-state index >= 15 is 0 Å². The second kappa shape index (κ2) is 5.77. The normalized spacial score (nSPS) is 14.8. The zero-order chi connectivity index (χ0) is 13.9. The third-order valence-corrected chi connectivity index (χ3v) is 4.74. The van der Waals surface area contributed by atoms with E-state index in [0.717, 1.165) is 43.7 Å². The van der Waals surface area contributed by atoms with Crippen molar-refractivity contribution >= 4 is 17.6 Å². The molecule has 0 saturated heterocycles. The zero-order valence-corrected chi connectivity index (χ0v) is 12.3. The average Bonchev–Trinajstić information content (AvgIpc) is 2.94. The molecule has 0 radical (unpaired) electrons. The van der Waals surface area contributed by atoms with Crippen LogP contribution in [0, 0.1) is 0 Å². The Morgan fingerprint density at radius 3 is 3.10 bits per heavy atom. The van der Waals surface area contributed by atoms with Crippen LogP contribution < -0.4 is 4.74 Å². The minimum atomic E-state index is 0.703. The van der Waals surface area contributed by atoms with Crippen molar-refractivity contribution in [3.63, 3.8) is 0 Å². The second-order valence-corrected chi connectivity index (χ2v) is 6.02. The average molecular weight is 287 g/mol. The molecule has 0 aliphatic carbocycles. The van der Waals surface area contributed by atoms with Gasteiger partial charge in [0.2, 0.25) is 0 Å². The number of benzene rings is 1. The van der Waals surface area contributed by atoms with Crippen molar-refractivity contribution in [2.75, 3.05) is 13.7 Å². The molecule has 1 aromatic carbocycles. The number of ether oxygens (including phenoxy) is 1. The van der Waals surface area contributed by atoms with Gasteiger partial charge in [-0.2, -0.15) is 0 Å². The van der Waals surface area contributed by atoms with Gasteiger partial charge < -0.3 is 4.74 Å². The highest BCUT2D eigenvalue weighted by molar-refractivity contribution is 7.10. The lowest BCUT2D eigenvalue weighted by Crippen LogP contribution is -2.29. The first-order chi connectivity index (χ1) is 9.80. The molecule has 1 aromatic heterocycles. The van der Waals surface area contributed by atoms with E-state index in [1.807, 2.05) is 23.5 Å². The van der Waals surface area contributed by atoms with E-state index in [1.165, 1.54) is 10.4 Å². The van der Waals surface area contributed by atoms with Gasteiger partial charge in [-0.25, -0.2) is 0 Å². The molecule has 1 aliphatic heterocycles. The van der Waals surface area contributed by atoms with E-state index in [0.29, 0.717) is 5.56 Å². The fourth-order valence-electron chi connectivity index (χ4n) is 2.68. The van der Waals surface area contributed by atoms with E-state index in [9.17, 15) is 4.79 Å². The second-order valence-electron chi connectivity index (χ2n) is 5.02. The maximum absolute atomic E-state index is 10.9. The first kappa shape index (κ1) is 13.3. The Hall–Kier alpha value is -1.65. The Bertz CT molecular complexity index is 621. The number of aldehydes is 1. The molecule has 0 spiro atoms. The summed E-state index contributed by atoms with van der Waals surface area (Å²) in [5.74, 6) is 0.853. The van der Waals surface area contributed by atoms with Crippen LogP contribution in [-0.4, -0.2) is 24.8 Å². The van der Waals surface area contributed by atoms with Crippen LogP contribution in [0.1, 0.15) is 26.4 Å². The molecular weight excluding hydrogens is 270 g/mol. The Kier molecular flexibility index (Phi) is 3.85. The van der Waals surface area contributed by atoms with Gasteiger partial charge in [-0.3, -0.25) is 9.69 Å². The summed E-state index contributed by atoms with van der Waals surface area (Å²) < 4.78 is 5.40. The van der Waals surface area contributed by atoms with Crippen molar-refractivity contribution in [1.82, 2.24) is 4.90 Å². The van der Waals surface area contributed by atoms with Gasteiger partial charge in [-0.05, 0) is 41.6 Å². The Labute approximate surface area is 122 Å². The van der Waals surface area contributed by atoms with Crippen LogP contribution in [0.3, 0.4) is 0 Å². The van der Waals surface area contributed by atoms with E-state index in [4.69, 9.17) is 4.74 Å². The monoisotopic (exact) mass is 287 g/mol. The molecular formula is C16H17NO2S. The minimum Gasteiger partial charge on any atom is -0.496 e. The van der Waals surface area contributed by atoms with Crippen LogP contribution in [0.5, 0.6) is 5.75 Å². The van der Waals surface area contributed by atoms with Crippen LogP contribution in [0.25, 0.3) is 0 Å². The number of thiophene rings is 1. The number of hydrogen-bond acceptors (Lipinski definition) is 4. The summed E-state index contributed by atoms with van der Waals surface area (Å²) in [5, 5.41) is 2.17. The quantitative estimate of drug-likeness (QED) is 0.809. The molecule has 20 heavy (non-hydrogen) atoms. The van der Waals surface area contributed by atoms with Gasteiger partial charge in [-0.1, -0.05) is 0 Å². The summed E-state index contributed by atoms with van der Waals surface area (Å²) in [6.07, 6.45) is 2.00.